The number of pyridine rings is 1. The van der Waals surface area contributed by atoms with Crippen LogP contribution in [0.2, 0.25) is 0 Å². The van der Waals surface area contributed by atoms with E-state index in [1.807, 2.05) is 6.92 Å². The molecule has 0 aliphatic rings. The first-order valence-electron chi connectivity index (χ1n) is 2.98. The van der Waals surface area contributed by atoms with E-state index in [0.717, 1.165) is 5.69 Å². The fourth-order valence-electron chi connectivity index (χ4n) is 0.769. The van der Waals surface area contributed by atoms with Gasteiger partial charge in [0.15, 0.2) is 0 Å². The Labute approximate surface area is 83.7 Å². The van der Waals surface area contributed by atoms with E-state index < -0.39 is 0 Å². The van der Waals surface area contributed by atoms with Crippen LogP contribution in [-0.4, -0.2) is 10.8 Å². The zero-order chi connectivity index (χ0) is 7.56. The lowest BCUT2D eigenvalue weighted by Gasteiger charge is -1.99. The topological polar surface area (TPSA) is 62.8 Å². The summed E-state index contributed by atoms with van der Waals surface area (Å²) in [5.74, 6) is 0.0746. The van der Waals surface area contributed by atoms with Crippen LogP contribution in [0.4, 0.5) is 0 Å². The van der Waals surface area contributed by atoms with Crippen molar-refractivity contribution in [3.05, 3.63) is 29.6 Å². The summed E-state index contributed by atoms with van der Waals surface area (Å²) in [6.45, 7) is 1.83. The molecule has 0 atom stereocenters. The van der Waals surface area contributed by atoms with E-state index in [1.165, 1.54) is 0 Å². The molecule has 68 valence electrons. The van der Waals surface area contributed by atoms with Crippen molar-refractivity contribution in [3.63, 3.8) is 0 Å². The second-order valence-corrected chi connectivity index (χ2v) is 2.05. The number of aryl methyl sites for hydroxylation is 1. The van der Waals surface area contributed by atoms with E-state index in [-0.39, 0.29) is 30.6 Å². The summed E-state index contributed by atoms with van der Waals surface area (Å²) in [6, 6.07) is 3.55. The molecule has 0 aromatic carbocycles. The van der Waals surface area contributed by atoms with Crippen molar-refractivity contribution in [1.82, 2.24) is 4.98 Å². The molecular formula is C7H11Cl2N3. The van der Waals surface area contributed by atoms with E-state index in [4.69, 9.17) is 11.1 Å². The summed E-state index contributed by atoms with van der Waals surface area (Å²) in [6.07, 6.45) is 1.68. The van der Waals surface area contributed by atoms with Crippen molar-refractivity contribution < 1.29 is 0 Å². The molecule has 5 heteroatoms. The minimum atomic E-state index is 0. The van der Waals surface area contributed by atoms with Gasteiger partial charge in [0, 0.05) is 17.5 Å². The third-order valence-electron chi connectivity index (χ3n) is 1.30. The number of nitrogen functional groups attached to an aromatic ring is 1. The Morgan fingerprint density at radius 3 is 2.42 bits per heavy atom. The lowest BCUT2D eigenvalue weighted by Crippen LogP contribution is -2.13. The zero-order valence-corrected chi connectivity index (χ0v) is 8.21. The van der Waals surface area contributed by atoms with Crippen molar-refractivity contribution in [3.8, 4) is 0 Å². The SMILES string of the molecule is Cc1ncccc1C(=N)N.Cl.Cl. The highest BCUT2D eigenvalue weighted by Crippen LogP contribution is 2.00. The molecule has 0 bridgehead atoms. The van der Waals surface area contributed by atoms with Crippen LogP contribution in [0.3, 0.4) is 0 Å². The molecule has 3 N–H and O–H groups in total. The summed E-state index contributed by atoms with van der Waals surface area (Å²) in [5.41, 5.74) is 6.77. The van der Waals surface area contributed by atoms with E-state index in [0.29, 0.717) is 5.56 Å². The fraction of sp³-hybridized carbons (Fsp3) is 0.143. The van der Waals surface area contributed by atoms with E-state index in [9.17, 15) is 0 Å². The molecule has 12 heavy (non-hydrogen) atoms. The largest absolute Gasteiger partial charge is 0.384 e. The third-order valence-corrected chi connectivity index (χ3v) is 1.30. The Morgan fingerprint density at radius 2 is 2.08 bits per heavy atom. The van der Waals surface area contributed by atoms with Gasteiger partial charge in [0.1, 0.15) is 5.84 Å². The Kier molecular flexibility index (Phi) is 6.65. The first-order chi connectivity index (χ1) is 4.72. The van der Waals surface area contributed by atoms with Crippen molar-refractivity contribution in [2.75, 3.05) is 0 Å². The zero-order valence-electron chi connectivity index (χ0n) is 6.57. The van der Waals surface area contributed by atoms with E-state index >= 15 is 0 Å². The molecule has 0 fully saturated rings. The van der Waals surface area contributed by atoms with Crippen LogP contribution in [0.15, 0.2) is 18.3 Å². The highest BCUT2D eigenvalue weighted by atomic mass is 35.5. The predicted molar refractivity (Wildman–Crippen MR) is 54.5 cm³/mol. The normalized spacial score (nSPS) is 7.75. The number of hydrogen-bond donors (Lipinski definition) is 2. The highest BCUT2D eigenvalue weighted by Gasteiger charge is 1.98. The molecule has 0 radical (unpaired) electrons. The van der Waals surface area contributed by atoms with Crippen molar-refractivity contribution in [2.45, 2.75) is 6.92 Å². The number of nitrogens with zero attached hydrogens (tertiary/aromatic N) is 1. The molecule has 1 heterocycles. The van der Waals surface area contributed by atoms with Gasteiger partial charge in [-0.15, -0.1) is 24.8 Å². The molecule has 0 spiro atoms. The monoisotopic (exact) mass is 207 g/mol. The molecule has 0 unspecified atom stereocenters. The number of halogens is 2. The smallest absolute Gasteiger partial charge is 0.124 e. The molecule has 0 amide bonds. The molecule has 1 rings (SSSR count). The maximum atomic E-state index is 7.11. The molecule has 3 nitrogen and oxygen atoms in total. The molecule has 0 saturated carbocycles. The second kappa shape index (κ2) is 5.80. The Bertz CT molecular complexity index is 263. The van der Waals surface area contributed by atoms with Gasteiger partial charge in [-0.25, -0.2) is 0 Å². The molecule has 0 saturated heterocycles. The van der Waals surface area contributed by atoms with Gasteiger partial charge in [-0.3, -0.25) is 10.4 Å². The quantitative estimate of drug-likeness (QED) is 0.542. The minimum Gasteiger partial charge on any atom is -0.384 e. The molecule has 1 aromatic heterocycles. The number of aromatic nitrogens is 1. The molecular weight excluding hydrogens is 197 g/mol. The van der Waals surface area contributed by atoms with Gasteiger partial charge in [0.25, 0.3) is 0 Å². The minimum absolute atomic E-state index is 0. The first-order valence-corrected chi connectivity index (χ1v) is 2.98. The number of nitrogens with one attached hydrogen (secondary N) is 1. The van der Waals surface area contributed by atoms with Gasteiger partial charge in [0.05, 0.1) is 0 Å². The molecule has 0 aliphatic carbocycles. The van der Waals surface area contributed by atoms with Gasteiger partial charge in [-0.05, 0) is 19.1 Å². The number of nitrogens with two attached hydrogens (primary N) is 1. The van der Waals surface area contributed by atoms with E-state index in [1.54, 1.807) is 18.3 Å². The van der Waals surface area contributed by atoms with Crippen molar-refractivity contribution in [1.29, 1.82) is 5.41 Å². The average Bonchev–Trinajstić information content (AvgIpc) is 1.88. The summed E-state index contributed by atoms with van der Waals surface area (Å²) in [7, 11) is 0. The Balaban J connectivity index is 0. The Morgan fingerprint density at radius 1 is 1.50 bits per heavy atom. The van der Waals surface area contributed by atoms with Crippen LogP contribution in [-0.2, 0) is 0 Å². The number of amidine groups is 1. The van der Waals surface area contributed by atoms with Crippen LogP contribution in [0.5, 0.6) is 0 Å². The fourth-order valence-corrected chi connectivity index (χ4v) is 0.769. The van der Waals surface area contributed by atoms with Crippen LogP contribution in [0.1, 0.15) is 11.3 Å². The van der Waals surface area contributed by atoms with Gasteiger partial charge >= 0.3 is 0 Å². The van der Waals surface area contributed by atoms with Gasteiger partial charge < -0.3 is 5.73 Å². The first kappa shape index (κ1) is 13.8. The summed E-state index contributed by atoms with van der Waals surface area (Å²) in [4.78, 5) is 3.98. The lowest BCUT2D eigenvalue weighted by molar-refractivity contribution is 1.18. The van der Waals surface area contributed by atoms with Crippen LogP contribution in [0.25, 0.3) is 0 Å². The van der Waals surface area contributed by atoms with Crippen LogP contribution in [0, 0.1) is 12.3 Å². The van der Waals surface area contributed by atoms with Crippen LogP contribution < -0.4 is 5.73 Å². The maximum absolute atomic E-state index is 7.11. The summed E-state index contributed by atoms with van der Waals surface area (Å²) < 4.78 is 0. The summed E-state index contributed by atoms with van der Waals surface area (Å²) in [5, 5.41) is 7.11. The van der Waals surface area contributed by atoms with Gasteiger partial charge in [-0.1, -0.05) is 0 Å². The maximum Gasteiger partial charge on any atom is 0.124 e. The van der Waals surface area contributed by atoms with Crippen molar-refractivity contribution in [2.24, 2.45) is 5.73 Å². The summed E-state index contributed by atoms with van der Waals surface area (Å²) >= 11 is 0. The lowest BCUT2D eigenvalue weighted by atomic mass is 10.2. The Hall–Kier alpha value is -0.800. The number of rotatable bonds is 1. The number of hydrogen-bond acceptors (Lipinski definition) is 2. The predicted octanol–water partition coefficient (Wildman–Crippen LogP) is 1.52. The molecule has 0 aliphatic heterocycles. The van der Waals surface area contributed by atoms with Gasteiger partial charge in [0.2, 0.25) is 0 Å². The van der Waals surface area contributed by atoms with Crippen LogP contribution >= 0.6 is 24.8 Å². The van der Waals surface area contributed by atoms with Gasteiger partial charge in [-0.2, -0.15) is 0 Å². The molecule has 1 aromatic rings. The average molecular weight is 208 g/mol. The van der Waals surface area contributed by atoms with E-state index in [2.05, 4.69) is 4.98 Å². The third kappa shape index (κ3) is 3.07. The standard InChI is InChI=1S/C7H9N3.2ClH/c1-5-6(7(8)9)3-2-4-10-5;;/h2-4H,1H3,(H3,8,9);2*1H. The van der Waals surface area contributed by atoms with Crippen molar-refractivity contribution >= 4 is 30.6 Å². The second-order valence-electron chi connectivity index (χ2n) is 2.05. The highest BCUT2D eigenvalue weighted by molar-refractivity contribution is 5.95.